The largest absolute Gasteiger partial charge is 0.418 e. The summed E-state index contributed by atoms with van der Waals surface area (Å²) in [5, 5.41) is 0.274. The lowest BCUT2D eigenvalue weighted by Gasteiger charge is -2.08. The van der Waals surface area contributed by atoms with Gasteiger partial charge in [0.15, 0.2) is 0 Å². The summed E-state index contributed by atoms with van der Waals surface area (Å²) in [7, 11) is 0. The molecule has 0 saturated heterocycles. The van der Waals surface area contributed by atoms with Crippen molar-refractivity contribution in [2.75, 3.05) is 6.54 Å². The molecular formula is C12H12F4N2. The molecule has 1 heterocycles. The van der Waals surface area contributed by atoms with Crippen LogP contribution in [0.2, 0.25) is 0 Å². The first kappa shape index (κ1) is 12.9. The van der Waals surface area contributed by atoms with E-state index in [-0.39, 0.29) is 10.9 Å². The number of hydrogen-bond acceptors (Lipinski definition) is 1. The second-order valence-corrected chi connectivity index (χ2v) is 4.08. The van der Waals surface area contributed by atoms with Gasteiger partial charge < -0.3 is 10.7 Å². The minimum Gasteiger partial charge on any atom is -0.360 e. The number of nitrogens with one attached hydrogen (secondary N) is 1. The summed E-state index contributed by atoms with van der Waals surface area (Å²) in [5.41, 5.74) is 4.96. The number of hydrogen-bond donors (Lipinski definition) is 2. The van der Waals surface area contributed by atoms with Crippen LogP contribution in [0.15, 0.2) is 18.3 Å². The van der Waals surface area contributed by atoms with Crippen molar-refractivity contribution in [1.82, 2.24) is 4.98 Å². The third kappa shape index (κ3) is 2.33. The lowest BCUT2D eigenvalue weighted by atomic mass is 10.1. The maximum absolute atomic E-state index is 13.3. The van der Waals surface area contributed by atoms with Crippen molar-refractivity contribution in [3.05, 3.63) is 35.3 Å². The van der Waals surface area contributed by atoms with Gasteiger partial charge in [0.1, 0.15) is 5.82 Å². The second kappa shape index (κ2) is 4.61. The monoisotopic (exact) mass is 260 g/mol. The fourth-order valence-corrected chi connectivity index (χ4v) is 1.98. The molecule has 0 unspecified atom stereocenters. The number of aromatic amines is 1. The number of aromatic nitrogens is 1. The molecule has 0 aliphatic heterocycles. The first-order valence-electron chi connectivity index (χ1n) is 5.50. The van der Waals surface area contributed by atoms with Crippen molar-refractivity contribution in [1.29, 1.82) is 0 Å². The summed E-state index contributed by atoms with van der Waals surface area (Å²) in [6.07, 6.45) is -1.92. The first-order chi connectivity index (χ1) is 8.43. The third-order valence-electron chi connectivity index (χ3n) is 2.80. The van der Waals surface area contributed by atoms with E-state index in [2.05, 4.69) is 4.98 Å². The Morgan fingerprint density at radius 3 is 2.56 bits per heavy atom. The highest BCUT2D eigenvalue weighted by Crippen LogP contribution is 2.36. The van der Waals surface area contributed by atoms with Crippen LogP contribution in [-0.2, 0) is 12.6 Å². The number of halogens is 4. The van der Waals surface area contributed by atoms with Crippen molar-refractivity contribution in [3.8, 4) is 0 Å². The van der Waals surface area contributed by atoms with E-state index < -0.39 is 17.6 Å². The van der Waals surface area contributed by atoms with Crippen LogP contribution >= 0.6 is 0 Å². The normalized spacial score (nSPS) is 12.3. The highest BCUT2D eigenvalue weighted by atomic mass is 19.4. The van der Waals surface area contributed by atoms with Crippen molar-refractivity contribution in [2.45, 2.75) is 19.0 Å². The van der Waals surface area contributed by atoms with E-state index in [1.807, 2.05) is 0 Å². The molecule has 18 heavy (non-hydrogen) atoms. The number of H-pyrrole nitrogens is 1. The molecule has 98 valence electrons. The number of fused-ring (bicyclic) bond motifs is 1. The van der Waals surface area contributed by atoms with Crippen LogP contribution in [0.5, 0.6) is 0 Å². The smallest absolute Gasteiger partial charge is 0.360 e. The Morgan fingerprint density at radius 1 is 1.22 bits per heavy atom. The van der Waals surface area contributed by atoms with Gasteiger partial charge in [0.05, 0.1) is 11.1 Å². The van der Waals surface area contributed by atoms with E-state index in [1.54, 1.807) is 0 Å². The maximum atomic E-state index is 13.3. The van der Waals surface area contributed by atoms with Gasteiger partial charge in [0.2, 0.25) is 0 Å². The molecule has 1 aromatic carbocycles. The topological polar surface area (TPSA) is 41.8 Å². The first-order valence-corrected chi connectivity index (χ1v) is 5.50. The fraction of sp³-hybridized carbons (Fsp3) is 0.333. The molecule has 0 aliphatic rings. The van der Waals surface area contributed by atoms with Crippen molar-refractivity contribution < 1.29 is 17.6 Å². The molecule has 0 atom stereocenters. The van der Waals surface area contributed by atoms with Gasteiger partial charge in [-0.25, -0.2) is 4.39 Å². The van der Waals surface area contributed by atoms with E-state index in [0.717, 1.165) is 6.07 Å². The molecule has 0 fully saturated rings. The van der Waals surface area contributed by atoms with Crippen molar-refractivity contribution >= 4 is 10.9 Å². The number of aryl methyl sites for hydroxylation is 1. The van der Waals surface area contributed by atoms with Crippen LogP contribution in [0.1, 0.15) is 17.5 Å². The molecule has 2 nitrogen and oxygen atoms in total. The van der Waals surface area contributed by atoms with E-state index in [0.29, 0.717) is 31.0 Å². The fourth-order valence-electron chi connectivity index (χ4n) is 1.98. The molecular weight excluding hydrogens is 248 g/mol. The Hall–Kier alpha value is -1.56. The zero-order valence-electron chi connectivity index (χ0n) is 9.44. The average molecular weight is 260 g/mol. The van der Waals surface area contributed by atoms with Crippen LogP contribution in [0.3, 0.4) is 0 Å². The predicted octanol–water partition coefficient (Wildman–Crippen LogP) is 3.22. The zero-order chi connectivity index (χ0) is 13.3. The summed E-state index contributed by atoms with van der Waals surface area (Å²) in [5.74, 6) is -0.886. The van der Waals surface area contributed by atoms with Gasteiger partial charge in [0, 0.05) is 11.6 Å². The molecule has 0 bridgehead atoms. The Morgan fingerprint density at radius 2 is 1.94 bits per heavy atom. The molecule has 0 aliphatic carbocycles. The summed E-state index contributed by atoms with van der Waals surface area (Å²) < 4.78 is 51.5. The summed E-state index contributed by atoms with van der Waals surface area (Å²) in [6, 6.07) is 1.62. The third-order valence-corrected chi connectivity index (χ3v) is 2.80. The Bertz CT molecular complexity index is 557. The van der Waals surface area contributed by atoms with E-state index in [9.17, 15) is 17.6 Å². The van der Waals surface area contributed by atoms with Gasteiger partial charge in [-0.3, -0.25) is 0 Å². The van der Waals surface area contributed by atoms with E-state index >= 15 is 0 Å². The predicted molar refractivity (Wildman–Crippen MR) is 60.6 cm³/mol. The molecule has 0 saturated carbocycles. The van der Waals surface area contributed by atoms with Crippen LogP contribution in [-0.4, -0.2) is 11.5 Å². The maximum Gasteiger partial charge on any atom is 0.418 e. The summed E-state index contributed by atoms with van der Waals surface area (Å²) in [4.78, 5) is 2.57. The molecule has 2 aromatic rings. The minimum absolute atomic E-state index is 0.0732. The SMILES string of the molecule is NCCCc1c[nH]c2c(C(F)(F)F)cc(F)cc12. The minimum atomic E-state index is -4.57. The lowest BCUT2D eigenvalue weighted by Crippen LogP contribution is -2.06. The van der Waals surface area contributed by atoms with Gasteiger partial charge in [-0.2, -0.15) is 13.2 Å². The Kier molecular flexibility index (Phi) is 3.30. The Labute approximate surface area is 101 Å². The molecule has 0 amide bonds. The van der Waals surface area contributed by atoms with Gasteiger partial charge in [-0.05, 0) is 37.1 Å². The van der Waals surface area contributed by atoms with E-state index in [1.165, 1.54) is 6.20 Å². The summed E-state index contributed by atoms with van der Waals surface area (Å²) >= 11 is 0. The van der Waals surface area contributed by atoms with Gasteiger partial charge in [0.25, 0.3) is 0 Å². The van der Waals surface area contributed by atoms with Gasteiger partial charge >= 0.3 is 6.18 Å². The molecule has 0 radical (unpaired) electrons. The molecule has 2 rings (SSSR count). The van der Waals surface area contributed by atoms with Crippen LogP contribution in [0.25, 0.3) is 10.9 Å². The lowest BCUT2D eigenvalue weighted by molar-refractivity contribution is -0.136. The van der Waals surface area contributed by atoms with E-state index in [4.69, 9.17) is 5.73 Å². The summed E-state index contributed by atoms with van der Waals surface area (Å²) in [6.45, 7) is 0.439. The zero-order valence-corrected chi connectivity index (χ0v) is 9.44. The van der Waals surface area contributed by atoms with Crippen LogP contribution in [0, 0.1) is 5.82 Å². The molecule has 0 spiro atoms. The van der Waals surface area contributed by atoms with Gasteiger partial charge in [-0.1, -0.05) is 0 Å². The van der Waals surface area contributed by atoms with Gasteiger partial charge in [-0.15, -0.1) is 0 Å². The average Bonchev–Trinajstić information content (AvgIpc) is 2.67. The number of nitrogens with two attached hydrogens (primary N) is 1. The number of alkyl halides is 3. The quantitative estimate of drug-likeness (QED) is 0.817. The molecule has 6 heteroatoms. The highest BCUT2D eigenvalue weighted by Gasteiger charge is 2.34. The molecule has 1 aromatic heterocycles. The Balaban J connectivity index is 2.58. The van der Waals surface area contributed by atoms with Crippen molar-refractivity contribution in [3.63, 3.8) is 0 Å². The highest BCUT2D eigenvalue weighted by molar-refractivity contribution is 5.86. The van der Waals surface area contributed by atoms with Crippen LogP contribution < -0.4 is 5.73 Å². The number of rotatable bonds is 3. The molecule has 3 N–H and O–H groups in total. The second-order valence-electron chi connectivity index (χ2n) is 4.08. The number of benzene rings is 1. The van der Waals surface area contributed by atoms with Crippen molar-refractivity contribution in [2.24, 2.45) is 5.73 Å². The standard InChI is InChI=1S/C12H12F4N2/c13-8-4-9-7(2-1-3-17)6-18-11(9)10(5-8)12(14,15)16/h4-6,18H,1-3,17H2. The van der Waals surface area contributed by atoms with Crippen LogP contribution in [0.4, 0.5) is 17.6 Å².